The first kappa shape index (κ1) is 19.6. The number of aliphatic hydroxyl groups excluding tert-OH is 2. The number of benzene rings is 2. The maximum Gasteiger partial charge on any atom is 0.256 e. The summed E-state index contributed by atoms with van der Waals surface area (Å²) in [5, 5.41) is 22.5. The highest BCUT2D eigenvalue weighted by Gasteiger charge is 2.34. The van der Waals surface area contributed by atoms with Gasteiger partial charge in [-0.05, 0) is 49.2 Å². The third-order valence-electron chi connectivity index (χ3n) is 4.52. The molecule has 3 N–H and O–H groups in total. The van der Waals surface area contributed by atoms with Crippen molar-refractivity contribution in [1.29, 1.82) is 0 Å². The van der Waals surface area contributed by atoms with Gasteiger partial charge in [0, 0.05) is 29.9 Å². The zero-order valence-electron chi connectivity index (χ0n) is 15.3. The average molecular weight is 378 g/mol. The summed E-state index contributed by atoms with van der Waals surface area (Å²) in [5.41, 5.74) is 2.11. The van der Waals surface area contributed by atoms with Crippen LogP contribution in [0, 0.1) is 11.8 Å². The molecule has 2 amide bonds. The maximum absolute atomic E-state index is 12.1. The smallest absolute Gasteiger partial charge is 0.256 e. The van der Waals surface area contributed by atoms with Gasteiger partial charge in [-0.15, -0.1) is 0 Å². The largest absolute Gasteiger partial charge is 0.380 e. The number of carbonyl (C=O) groups excluding carboxylic acids is 2. The summed E-state index contributed by atoms with van der Waals surface area (Å²) in [6, 6.07) is 16.4. The molecule has 144 valence electrons. The van der Waals surface area contributed by atoms with Gasteiger partial charge in [0.25, 0.3) is 11.8 Å². The molecule has 2 aromatic rings. The summed E-state index contributed by atoms with van der Waals surface area (Å²) >= 11 is 0. The second-order valence-corrected chi connectivity index (χ2v) is 6.60. The molecule has 28 heavy (non-hydrogen) atoms. The molecule has 1 saturated heterocycles. The number of hydrogen-bond acceptors (Lipinski definition) is 4. The van der Waals surface area contributed by atoms with Crippen molar-refractivity contribution in [1.82, 2.24) is 4.90 Å². The van der Waals surface area contributed by atoms with Gasteiger partial charge in [0.05, 0.1) is 0 Å². The zero-order chi connectivity index (χ0) is 19.9. The van der Waals surface area contributed by atoms with Crippen molar-refractivity contribution in [3.63, 3.8) is 0 Å². The monoisotopic (exact) mass is 378 g/mol. The average Bonchev–Trinajstić information content (AvgIpc) is 3.27. The normalized spacial score (nSPS) is 15.3. The van der Waals surface area contributed by atoms with Crippen LogP contribution >= 0.6 is 0 Å². The van der Waals surface area contributed by atoms with Crippen molar-refractivity contribution in [2.75, 3.05) is 18.4 Å². The molecule has 0 bridgehead atoms. The molecule has 1 aliphatic heterocycles. The molecule has 0 spiro atoms. The van der Waals surface area contributed by atoms with Crippen LogP contribution in [-0.2, 0) is 9.59 Å². The van der Waals surface area contributed by atoms with Crippen LogP contribution in [0.3, 0.4) is 0 Å². The maximum atomic E-state index is 12.1. The van der Waals surface area contributed by atoms with Gasteiger partial charge >= 0.3 is 0 Å². The molecule has 1 aliphatic rings. The third-order valence-corrected chi connectivity index (χ3v) is 4.52. The molecular formula is C22H22N2O4. The molecule has 2 atom stereocenters. The van der Waals surface area contributed by atoms with E-state index >= 15 is 0 Å². The topological polar surface area (TPSA) is 89.9 Å². The number of amides is 2. The Balaban J connectivity index is 1.58. The summed E-state index contributed by atoms with van der Waals surface area (Å²) in [5.74, 6) is 4.62. The lowest BCUT2D eigenvalue weighted by atomic mass is 10.1. The summed E-state index contributed by atoms with van der Waals surface area (Å²) in [4.78, 5) is 25.7. The molecule has 0 radical (unpaired) electrons. The van der Waals surface area contributed by atoms with Gasteiger partial charge in [-0.1, -0.05) is 30.0 Å². The minimum Gasteiger partial charge on any atom is -0.380 e. The van der Waals surface area contributed by atoms with Gasteiger partial charge in [0.2, 0.25) is 0 Å². The molecule has 0 unspecified atom stereocenters. The number of nitrogens with one attached hydrogen (secondary N) is 1. The highest BCUT2D eigenvalue weighted by atomic mass is 16.3. The quantitative estimate of drug-likeness (QED) is 0.701. The molecule has 6 nitrogen and oxygen atoms in total. The van der Waals surface area contributed by atoms with Crippen LogP contribution in [-0.4, -0.2) is 52.2 Å². The van der Waals surface area contributed by atoms with Crippen LogP contribution in [0.1, 0.15) is 24.0 Å². The summed E-state index contributed by atoms with van der Waals surface area (Å²) < 4.78 is 0. The van der Waals surface area contributed by atoms with Crippen LogP contribution in [0.15, 0.2) is 54.6 Å². The molecule has 0 saturated carbocycles. The van der Waals surface area contributed by atoms with Gasteiger partial charge < -0.3 is 20.4 Å². The van der Waals surface area contributed by atoms with E-state index < -0.39 is 24.0 Å². The van der Waals surface area contributed by atoms with E-state index in [-0.39, 0.29) is 0 Å². The van der Waals surface area contributed by atoms with Crippen LogP contribution < -0.4 is 5.32 Å². The molecular weight excluding hydrogens is 356 g/mol. The fourth-order valence-electron chi connectivity index (χ4n) is 2.92. The third kappa shape index (κ3) is 4.97. The number of anilines is 1. The van der Waals surface area contributed by atoms with Gasteiger partial charge in [0.1, 0.15) is 0 Å². The molecule has 0 aliphatic carbocycles. The Kier molecular flexibility index (Phi) is 6.43. The lowest BCUT2D eigenvalue weighted by molar-refractivity contribution is -0.150. The number of hydrogen-bond donors (Lipinski definition) is 3. The molecule has 0 aromatic heterocycles. The fraction of sp³-hybridized carbons (Fsp3) is 0.273. The summed E-state index contributed by atoms with van der Waals surface area (Å²) in [6.07, 6.45) is -1.87. The second kappa shape index (κ2) is 9.18. The lowest BCUT2D eigenvalue weighted by Gasteiger charge is -2.22. The van der Waals surface area contributed by atoms with Gasteiger partial charge in [0.15, 0.2) is 12.2 Å². The van der Waals surface area contributed by atoms with Crippen LogP contribution in [0.25, 0.3) is 0 Å². The van der Waals surface area contributed by atoms with E-state index in [0.29, 0.717) is 18.8 Å². The summed E-state index contributed by atoms with van der Waals surface area (Å²) in [6.45, 7) is 1.07. The standard InChI is InChI=1S/C22H22N2O4/c25-19(20(26)22(28)24-14-4-5-15-24)21(27)23-18-12-10-17(11-13-18)9-8-16-6-2-1-3-7-16/h1-3,6-7,10-13,19-20,25-26H,4-5,14-15H2,(H,23,27)/t19-,20-/m1/s1. The van der Waals surface area contributed by atoms with Gasteiger partial charge in [-0.3, -0.25) is 9.59 Å². The van der Waals surface area contributed by atoms with E-state index in [0.717, 1.165) is 24.0 Å². The highest BCUT2D eigenvalue weighted by molar-refractivity contribution is 5.98. The predicted molar refractivity (Wildman–Crippen MR) is 105 cm³/mol. The Morgan fingerprint density at radius 3 is 2.04 bits per heavy atom. The first-order valence-corrected chi connectivity index (χ1v) is 9.17. The van der Waals surface area contributed by atoms with Crippen molar-refractivity contribution in [2.24, 2.45) is 0 Å². The number of aliphatic hydroxyl groups is 2. The summed E-state index contributed by atoms with van der Waals surface area (Å²) in [7, 11) is 0. The number of likely N-dealkylation sites (tertiary alicyclic amines) is 1. The predicted octanol–water partition coefficient (Wildman–Crippen LogP) is 1.37. The van der Waals surface area contributed by atoms with E-state index in [9.17, 15) is 19.8 Å². The zero-order valence-corrected chi connectivity index (χ0v) is 15.3. The van der Waals surface area contributed by atoms with Crippen molar-refractivity contribution in [2.45, 2.75) is 25.0 Å². The highest BCUT2D eigenvalue weighted by Crippen LogP contribution is 2.13. The molecule has 1 heterocycles. The van der Waals surface area contributed by atoms with E-state index in [2.05, 4.69) is 17.2 Å². The molecule has 2 aromatic carbocycles. The van der Waals surface area contributed by atoms with Gasteiger partial charge in [-0.2, -0.15) is 0 Å². The minimum absolute atomic E-state index is 0.440. The molecule has 6 heteroatoms. The Hall–Kier alpha value is -3.14. The number of carbonyl (C=O) groups is 2. The van der Waals surface area contributed by atoms with E-state index in [1.165, 1.54) is 4.90 Å². The molecule has 1 fully saturated rings. The van der Waals surface area contributed by atoms with Crippen LogP contribution in [0.2, 0.25) is 0 Å². The number of rotatable bonds is 4. The Labute approximate surface area is 163 Å². The second-order valence-electron chi connectivity index (χ2n) is 6.60. The Morgan fingerprint density at radius 1 is 0.857 bits per heavy atom. The minimum atomic E-state index is -1.83. The Morgan fingerprint density at radius 2 is 1.43 bits per heavy atom. The number of nitrogens with zero attached hydrogens (tertiary/aromatic N) is 1. The lowest BCUT2D eigenvalue weighted by Crippen LogP contribution is -2.48. The van der Waals surface area contributed by atoms with Crippen LogP contribution in [0.5, 0.6) is 0 Å². The van der Waals surface area contributed by atoms with E-state index in [4.69, 9.17) is 0 Å². The SMILES string of the molecule is O=C(Nc1ccc(C#Cc2ccccc2)cc1)[C@H](O)[C@@H](O)C(=O)N1CCCC1. The van der Waals surface area contributed by atoms with Gasteiger partial charge in [-0.25, -0.2) is 0 Å². The van der Waals surface area contributed by atoms with Crippen LogP contribution in [0.4, 0.5) is 5.69 Å². The van der Waals surface area contributed by atoms with Crippen molar-refractivity contribution in [3.05, 3.63) is 65.7 Å². The van der Waals surface area contributed by atoms with Crippen molar-refractivity contribution < 1.29 is 19.8 Å². The van der Waals surface area contributed by atoms with Crippen molar-refractivity contribution >= 4 is 17.5 Å². The van der Waals surface area contributed by atoms with Crippen molar-refractivity contribution in [3.8, 4) is 11.8 Å². The Bertz CT molecular complexity index is 878. The first-order valence-electron chi connectivity index (χ1n) is 9.17. The molecule has 3 rings (SSSR count). The van der Waals surface area contributed by atoms with E-state index in [1.807, 2.05) is 30.3 Å². The fourth-order valence-corrected chi connectivity index (χ4v) is 2.92. The first-order chi connectivity index (χ1) is 13.5. The van der Waals surface area contributed by atoms with E-state index in [1.54, 1.807) is 24.3 Å².